The summed E-state index contributed by atoms with van der Waals surface area (Å²) in [5, 5.41) is 12.2. The normalized spacial score (nSPS) is 26.2. The number of aliphatic carboxylic acids is 1. The predicted octanol–water partition coefficient (Wildman–Crippen LogP) is 3.53. The summed E-state index contributed by atoms with van der Waals surface area (Å²) in [4.78, 5) is 53.6. The van der Waals surface area contributed by atoms with Crippen LogP contribution >= 0.6 is 0 Å². The van der Waals surface area contributed by atoms with Crippen LogP contribution in [-0.2, 0) is 32.2 Å². The summed E-state index contributed by atoms with van der Waals surface area (Å²) in [5.41, 5.74) is 0.717. The summed E-state index contributed by atoms with van der Waals surface area (Å²) in [5.74, 6) is -4.79. The van der Waals surface area contributed by atoms with Gasteiger partial charge >= 0.3 is 18.2 Å². The SMILES string of the molecule is CC(C)(C)[C@@H]1NC(=O)OCC(F)(F)CCCCOc2cccc3c2CN(C3)C(=O)O[C@@H]2CC(C(=O)O)N(C2)C1=O. The number of hydrogen-bond donors (Lipinski definition) is 2. The summed E-state index contributed by atoms with van der Waals surface area (Å²) in [6.07, 6.45) is -3.02. The lowest BCUT2D eigenvalue weighted by Gasteiger charge is -2.34. The van der Waals surface area contributed by atoms with Crippen LogP contribution in [0.25, 0.3) is 0 Å². The number of rotatable bonds is 1. The molecular weight excluding hydrogens is 532 g/mol. The van der Waals surface area contributed by atoms with E-state index in [0.717, 1.165) is 16.0 Å². The Hall–Kier alpha value is -3.64. The van der Waals surface area contributed by atoms with Gasteiger partial charge in [0, 0.05) is 24.9 Å². The largest absolute Gasteiger partial charge is 0.493 e. The molecule has 3 heterocycles. The number of carbonyl (C=O) groups excluding carboxylic acids is 3. The molecule has 0 aromatic heterocycles. The number of alkyl carbamates (subject to hydrolysis) is 1. The topological polar surface area (TPSA) is 135 Å². The highest BCUT2D eigenvalue weighted by Crippen LogP contribution is 2.33. The number of nitrogens with one attached hydrogen (secondary N) is 1. The van der Waals surface area contributed by atoms with Gasteiger partial charge in [0.2, 0.25) is 5.91 Å². The van der Waals surface area contributed by atoms with Crippen molar-refractivity contribution < 1.29 is 47.3 Å². The Labute approximate surface area is 230 Å². The molecule has 1 unspecified atom stereocenters. The van der Waals surface area contributed by atoms with Gasteiger partial charge in [-0.15, -0.1) is 0 Å². The zero-order valence-electron chi connectivity index (χ0n) is 22.8. The molecule has 2 N–H and O–H groups in total. The van der Waals surface area contributed by atoms with Crippen molar-refractivity contribution in [1.29, 1.82) is 0 Å². The first-order valence-electron chi connectivity index (χ1n) is 13.3. The fourth-order valence-electron chi connectivity index (χ4n) is 5.12. The first-order valence-corrected chi connectivity index (χ1v) is 13.3. The van der Waals surface area contributed by atoms with Crippen molar-refractivity contribution in [2.24, 2.45) is 5.41 Å². The van der Waals surface area contributed by atoms with Gasteiger partial charge in [-0.05, 0) is 29.9 Å². The third-order valence-corrected chi connectivity index (χ3v) is 7.28. The highest BCUT2D eigenvalue weighted by atomic mass is 19.3. The minimum atomic E-state index is -3.29. The van der Waals surface area contributed by atoms with Crippen LogP contribution in [0.15, 0.2) is 18.2 Å². The zero-order chi connectivity index (χ0) is 29.2. The van der Waals surface area contributed by atoms with E-state index in [1.165, 1.54) is 4.90 Å². The van der Waals surface area contributed by atoms with E-state index in [9.17, 15) is 33.1 Å². The van der Waals surface area contributed by atoms with Gasteiger partial charge in [0.25, 0.3) is 5.92 Å². The van der Waals surface area contributed by atoms with Crippen molar-refractivity contribution in [1.82, 2.24) is 15.1 Å². The van der Waals surface area contributed by atoms with Crippen LogP contribution < -0.4 is 10.1 Å². The molecule has 0 radical (unpaired) electrons. The third kappa shape index (κ3) is 6.73. The lowest BCUT2D eigenvalue weighted by molar-refractivity contribution is -0.150. The minimum absolute atomic E-state index is 0.113. The Morgan fingerprint density at radius 1 is 1.12 bits per heavy atom. The molecule has 0 saturated carbocycles. The highest BCUT2D eigenvalue weighted by molar-refractivity contribution is 5.90. The van der Waals surface area contributed by atoms with Crippen LogP contribution in [0.3, 0.4) is 0 Å². The number of carboxylic acids is 1. The molecule has 1 saturated heterocycles. The molecule has 13 heteroatoms. The molecule has 3 aliphatic heterocycles. The van der Waals surface area contributed by atoms with Gasteiger partial charge in [-0.3, -0.25) is 9.69 Å². The Balaban J connectivity index is 1.59. The standard InChI is InChI=1S/C27H35F2N3O8/c1-26(2,3)21-22(33)32-13-17(11-19(32)23(34)35)40-25(37)31-12-16-7-6-8-20(18(16)14-31)38-10-5-4-9-27(28,29)15-39-24(36)30-21/h6-8,17,19,21H,4-5,9-15H2,1-3H3,(H,30,36)(H,34,35)/t17-,19?,21-/m1/s1. The number of alkyl halides is 2. The van der Waals surface area contributed by atoms with Crippen LogP contribution in [0.2, 0.25) is 0 Å². The number of ether oxygens (including phenoxy) is 3. The smallest absolute Gasteiger partial charge is 0.410 e. The van der Waals surface area contributed by atoms with Gasteiger partial charge in [0.1, 0.15) is 23.9 Å². The van der Waals surface area contributed by atoms with Gasteiger partial charge in [-0.2, -0.15) is 0 Å². The van der Waals surface area contributed by atoms with Crippen LogP contribution in [0.5, 0.6) is 5.75 Å². The Morgan fingerprint density at radius 3 is 2.58 bits per heavy atom. The number of cyclic esters (lactones) is 1. The monoisotopic (exact) mass is 567 g/mol. The maximum atomic E-state index is 14.4. The van der Waals surface area contributed by atoms with Gasteiger partial charge in [0.15, 0.2) is 6.61 Å². The van der Waals surface area contributed by atoms with E-state index in [0.29, 0.717) is 12.2 Å². The van der Waals surface area contributed by atoms with E-state index >= 15 is 0 Å². The molecule has 3 aliphatic rings. The molecule has 3 atom stereocenters. The molecular formula is C27H35F2N3O8. The molecule has 220 valence electrons. The van der Waals surface area contributed by atoms with Crippen molar-refractivity contribution in [2.45, 2.75) is 83.7 Å². The van der Waals surface area contributed by atoms with E-state index in [2.05, 4.69) is 5.32 Å². The quantitative estimate of drug-likeness (QED) is 0.526. The number of benzene rings is 1. The fourth-order valence-corrected chi connectivity index (χ4v) is 5.12. The second-order valence-electron chi connectivity index (χ2n) is 11.5. The number of hydrogen-bond acceptors (Lipinski definition) is 7. The molecule has 0 aliphatic carbocycles. The van der Waals surface area contributed by atoms with E-state index in [1.807, 2.05) is 6.07 Å². The Kier molecular flexibility index (Phi) is 8.41. The van der Waals surface area contributed by atoms with Crippen LogP contribution in [0.4, 0.5) is 18.4 Å². The van der Waals surface area contributed by atoms with Crippen LogP contribution in [0, 0.1) is 5.41 Å². The van der Waals surface area contributed by atoms with Crippen LogP contribution in [0.1, 0.15) is 57.6 Å². The number of amides is 3. The van der Waals surface area contributed by atoms with Crippen molar-refractivity contribution in [2.75, 3.05) is 19.8 Å². The van der Waals surface area contributed by atoms with Crippen molar-refractivity contribution in [3.8, 4) is 5.75 Å². The first-order chi connectivity index (χ1) is 18.7. The molecule has 4 rings (SSSR count). The fraction of sp³-hybridized carbons (Fsp3) is 0.630. The summed E-state index contributed by atoms with van der Waals surface area (Å²) >= 11 is 0. The maximum Gasteiger partial charge on any atom is 0.410 e. The number of fused-ring (bicyclic) bond motifs is 3. The highest BCUT2D eigenvalue weighted by Gasteiger charge is 2.47. The van der Waals surface area contributed by atoms with E-state index in [-0.39, 0.29) is 39.1 Å². The summed E-state index contributed by atoms with van der Waals surface area (Å²) in [6.45, 7) is 4.17. The lowest BCUT2D eigenvalue weighted by atomic mass is 9.85. The predicted molar refractivity (Wildman–Crippen MR) is 136 cm³/mol. The minimum Gasteiger partial charge on any atom is -0.493 e. The average Bonchev–Trinajstić information content (AvgIpc) is 3.49. The van der Waals surface area contributed by atoms with Gasteiger partial charge in [-0.25, -0.2) is 23.2 Å². The van der Waals surface area contributed by atoms with Gasteiger partial charge in [0.05, 0.1) is 19.7 Å². The second kappa shape index (κ2) is 11.5. The average molecular weight is 568 g/mol. The van der Waals surface area contributed by atoms with Crippen molar-refractivity contribution in [3.05, 3.63) is 29.3 Å². The summed E-state index contributed by atoms with van der Waals surface area (Å²) in [6, 6.07) is 2.77. The molecule has 1 aromatic rings. The number of carbonyl (C=O) groups is 4. The Morgan fingerprint density at radius 2 is 1.88 bits per heavy atom. The molecule has 11 nitrogen and oxygen atoms in total. The molecule has 0 spiro atoms. The van der Waals surface area contributed by atoms with Crippen molar-refractivity contribution in [3.63, 3.8) is 0 Å². The lowest BCUT2D eigenvalue weighted by Crippen LogP contribution is -2.57. The molecule has 4 bridgehead atoms. The maximum absolute atomic E-state index is 14.4. The summed E-state index contributed by atoms with van der Waals surface area (Å²) in [7, 11) is 0. The molecule has 3 amide bonds. The van der Waals surface area contributed by atoms with E-state index in [4.69, 9.17) is 14.2 Å². The number of nitrogens with zero attached hydrogens (tertiary/aromatic N) is 2. The van der Waals surface area contributed by atoms with E-state index < -0.39 is 66.6 Å². The second-order valence-corrected chi connectivity index (χ2v) is 11.5. The summed E-state index contributed by atoms with van der Waals surface area (Å²) < 4.78 is 45.1. The first kappa shape index (κ1) is 29.3. The van der Waals surface area contributed by atoms with Gasteiger partial charge in [-0.1, -0.05) is 32.9 Å². The van der Waals surface area contributed by atoms with Gasteiger partial charge < -0.3 is 29.5 Å². The number of carboxylic acid groups (broad SMARTS) is 1. The Bertz CT molecular complexity index is 1160. The van der Waals surface area contributed by atoms with Crippen molar-refractivity contribution >= 4 is 24.1 Å². The van der Waals surface area contributed by atoms with Crippen LogP contribution in [-0.4, -0.2) is 82.8 Å². The number of halogens is 2. The molecule has 1 fully saturated rings. The molecule has 40 heavy (non-hydrogen) atoms. The van der Waals surface area contributed by atoms with E-state index in [1.54, 1.807) is 32.9 Å². The zero-order valence-corrected chi connectivity index (χ0v) is 22.8. The third-order valence-electron chi connectivity index (χ3n) is 7.28. The molecule has 1 aromatic carbocycles.